The molecule has 130 valence electrons. The smallest absolute Gasteiger partial charge is 0.265 e. The molecule has 0 spiro atoms. The number of rotatable bonds is 7. The number of amides is 1. The van der Waals surface area contributed by atoms with Crippen molar-refractivity contribution < 1.29 is 9.53 Å². The maximum absolute atomic E-state index is 12.7. The SMILES string of the molecule is CCOc1ccc(CN(C)C(=O)c2sc(CC(C)C)nc2C)cc1. The second-order valence-electron chi connectivity index (χ2n) is 6.36. The number of ether oxygens (including phenoxy) is 1. The predicted molar refractivity (Wildman–Crippen MR) is 98.8 cm³/mol. The van der Waals surface area contributed by atoms with Gasteiger partial charge < -0.3 is 9.64 Å². The molecule has 1 heterocycles. The number of benzene rings is 1. The van der Waals surface area contributed by atoms with E-state index in [0.29, 0.717) is 19.1 Å². The molecule has 5 heteroatoms. The number of carbonyl (C=O) groups is 1. The average Bonchev–Trinajstić information content (AvgIpc) is 2.88. The van der Waals surface area contributed by atoms with Gasteiger partial charge in [0.05, 0.1) is 17.3 Å². The second-order valence-corrected chi connectivity index (χ2v) is 7.44. The summed E-state index contributed by atoms with van der Waals surface area (Å²) in [5.74, 6) is 1.43. The zero-order valence-corrected chi connectivity index (χ0v) is 15.9. The molecule has 0 unspecified atom stereocenters. The van der Waals surface area contributed by atoms with E-state index in [1.165, 1.54) is 11.3 Å². The van der Waals surface area contributed by atoms with Gasteiger partial charge >= 0.3 is 0 Å². The first-order chi connectivity index (χ1) is 11.4. The number of hydrogen-bond acceptors (Lipinski definition) is 4. The lowest BCUT2D eigenvalue weighted by Gasteiger charge is -2.17. The van der Waals surface area contributed by atoms with E-state index in [1.54, 1.807) is 4.90 Å². The Labute approximate surface area is 148 Å². The van der Waals surface area contributed by atoms with Crippen LogP contribution < -0.4 is 4.74 Å². The molecule has 2 aromatic rings. The average molecular weight is 346 g/mol. The van der Waals surface area contributed by atoms with Crippen molar-refractivity contribution in [1.82, 2.24) is 9.88 Å². The molecule has 4 nitrogen and oxygen atoms in total. The molecular weight excluding hydrogens is 320 g/mol. The summed E-state index contributed by atoms with van der Waals surface area (Å²) < 4.78 is 5.45. The Morgan fingerprint density at radius 3 is 2.54 bits per heavy atom. The highest BCUT2D eigenvalue weighted by Gasteiger charge is 2.19. The molecule has 1 aromatic carbocycles. The maximum Gasteiger partial charge on any atom is 0.265 e. The summed E-state index contributed by atoms with van der Waals surface area (Å²) in [4.78, 5) is 19.8. The molecule has 0 aliphatic carbocycles. The Balaban J connectivity index is 2.05. The van der Waals surface area contributed by atoms with E-state index in [4.69, 9.17) is 4.74 Å². The van der Waals surface area contributed by atoms with E-state index in [9.17, 15) is 4.79 Å². The summed E-state index contributed by atoms with van der Waals surface area (Å²) in [6, 6.07) is 7.88. The standard InChI is InChI=1S/C19H26N2O2S/c1-6-23-16-9-7-15(8-10-16)12-21(5)19(22)18-14(4)20-17(24-18)11-13(2)3/h7-10,13H,6,11-12H2,1-5H3. The molecule has 1 amide bonds. The van der Waals surface area contributed by atoms with Gasteiger partial charge in [0.2, 0.25) is 0 Å². The summed E-state index contributed by atoms with van der Waals surface area (Å²) in [5.41, 5.74) is 1.91. The van der Waals surface area contributed by atoms with Gasteiger partial charge in [-0.05, 0) is 37.5 Å². The van der Waals surface area contributed by atoms with Crippen LogP contribution >= 0.6 is 11.3 Å². The van der Waals surface area contributed by atoms with Gasteiger partial charge in [0.1, 0.15) is 10.6 Å². The van der Waals surface area contributed by atoms with Crippen LogP contribution in [0.5, 0.6) is 5.75 Å². The van der Waals surface area contributed by atoms with Gasteiger partial charge in [-0.1, -0.05) is 26.0 Å². The highest BCUT2D eigenvalue weighted by atomic mass is 32.1. The Kier molecular flexibility index (Phi) is 6.37. The molecule has 0 radical (unpaired) electrons. The van der Waals surface area contributed by atoms with E-state index in [0.717, 1.165) is 33.3 Å². The van der Waals surface area contributed by atoms with Crippen molar-refractivity contribution in [1.29, 1.82) is 0 Å². The number of aryl methyl sites for hydroxylation is 1. The highest BCUT2D eigenvalue weighted by molar-refractivity contribution is 7.13. The zero-order valence-electron chi connectivity index (χ0n) is 15.1. The lowest BCUT2D eigenvalue weighted by Crippen LogP contribution is -2.26. The van der Waals surface area contributed by atoms with Crippen LogP contribution in [0.4, 0.5) is 0 Å². The first-order valence-corrected chi connectivity index (χ1v) is 9.15. The Morgan fingerprint density at radius 2 is 1.96 bits per heavy atom. The minimum Gasteiger partial charge on any atom is -0.494 e. The van der Waals surface area contributed by atoms with Crippen molar-refractivity contribution in [3.8, 4) is 5.75 Å². The van der Waals surface area contributed by atoms with Crippen LogP contribution in [0.25, 0.3) is 0 Å². The molecule has 0 saturated carbocycles. The Hall–Kier alpha value is -1.88. The van der Waals surface area contributed by atoms with Gasteiger partial charge in [0.25, 0.3) is 5.91 Å². The monoisotopic (exact) mass is 346 g/mol. The van der Waals surface area contributed by atoms with Gasteiger partial charge in [-0.15, -0.1) is 11.3 Å². The molecule has 0 saturated heterocycles. The topological polar surface area (TPSA) is 42.4 Å². The summed E-state index contributed by atoms with van der Waals surface area (Å²) in [7, 11) is 1.83. The molecule has 1 aromatic heterocycles. The molecule has 0 aliphatic rings. The van der Waals surface area contributed by atoms with Crippen molar-refractivity contribution >= 4 is 17.2 Å². The van der Waals surface area contributed by atoms with Gasteiger partial charge in [0.15, 0.2) is 0 Å². The minimum atomic E-state index is 0.0360. The van der Waals surface area contributed by atoms with Crippen LogP contribution in [0.3, 0.4) is 0 Å². The lowest BCUT2D eigenvalue weighted by atomic mass is 10.1. The van der Waals surface area contributed by atoms with Gasteiger partial charge in [-0.3, -0.25) is 4.79 Å². The molecule has 0 atom stereocenters. The number of hydrogen-bond donors (Lipinski definition) is 0. The van der Waals surface area contributed by atoms with E-state index in [1.807, 2.05) is 45.2 Å². The van der Waals surface area contributed by atoms with Gasteiger partial charge in [-0.2, -0.15) is 0 Å². The molecule has 0 N–H and O–H groups in total. The summed E-state index contributed by atoms with van der Waals surface area (Å²) >= 11 is 1.52. The van der Waals surface area contributed by atoms with Crippen molar-refractivity contribution in [2.45, 2.75) is 40.7 Å². The fraction of sp³-hybridized carbons (Fsp3) is 0.474. The van der Waals surface area contributed by atoms with Crippen molar-refractivity contribution in [2.24, 2.45) is 5.92 Å². The lowest BCUT2D eigenvalue weighted by molar-refractivity contribution is 0.0789. The van der Waals surface area contributed by atoms with Crippen molar-refractivity contribution in [3.63, 3.8) is 0 Å². The molecule has 0 aliphatic heterocycles. The fourth-order valence-electron chi connectivity index (χ4n) is 2.46. The number of thiazole rings is 1. The van der Waals surface area contributed by atoms with E-state index < -0.39 is 0 Å². The third-order valence-corrected chi connectivity index (χ3v) is 4.79. The number of aromatic nitrogens is 1. The van der Waals surface area contributed by atoms with Crippen LogP contribution in [0.1, 0.15) is 46.7 Å². The number of nitrogens with zero attached hydrogens (tertiary/aromatic N) is 2. The zero-order chi connectivity index (χ0) is 17.7. The van der Waals surface area contributed by atoms with Crippen molar-refractivity contribution in [2.75, 3.05) is 13.7 Å². The molecular formula is C19H26N2O2S. The van der Waals surface area contributed by atoms with Crippen LogP contribution in [-0.4, -0.2) is 29.4 Å². The van der Waals surface area contributed by atoms with Crippen LogP contribution in [0.15, 0.2) is 24.3 Å². The largest absolute Gasteiger partial charge is 0.494 e. The van der Waals surface area contributed by atoms with Crippen LogP contribution in [0.2, 0.25) is 0 Å². The second kappa shape index (κ2) is 8.29. The predicted octanol–water partition coefficient (Wildman–Crippen LogP) is 4.32. The van der Waals surface area contributed by atoms with Gasteiger partial charge in [0, 0.05) is 20.0 Å². The van der Waals surface area contributed by atoms with E-state index in [2.05, 4.69) is 18.8 Å². The Morgan fingerprint density at radius 1 is 1.29 bits per heavy atom. The highest BCUT2D eigenvalue weighted by Crippen LogP contribution is 2.23. The third kappa shape index (κ3) is 4.81. The quantitative estimate of drug-likeness (QED) is 0.750. The molecule has 2 rings (SSSR count). The minimum absolute atomic E-state index is 0.0360. The normalized spacial score (nSPS) is 10.9. The van der Waals surface area contributed by atoms with Crippen molar-refractivity contribution in [3.05, 3.63) is 45.4 Å². The fourth-order valence-corrected chi connectivity index (χ4v) is 3.74. The van der Waals surface area contributed by atoms with E-state index >= 15 is 0 Å². The maximum atomic E-state index is 12.7. The molecule has 0 fully saturated rings. The summed E-state index contributed by atoms with van der Waals surface area (Å²) in [6.45, 7) is 9.43. The summed E-state index contributed by atoms with van der Waals surface area (Å²) in [6.07, 6.45) is 0.918. The molecule has 24 heavy (non-hydrogen) atoms. The van der Waals surface area contributed by atoms with E-state index in [-0.39, 0.29) is 5.91 Å². The van der Waals surface area contributed by atoms with Crippen LogP contribution in [0, 0.1) is 12.8 Å². The molecule has 0 bridgehead atoms. The van der Waals surface area contributed by atoms with Crippen LogP contribution in [-0.2, 0) is 13.0 Å². The number of carbonyl (C=O) groups excluding carboxylic acids is 1. The summed E-state index contributed by atoms with van der Waals surface area (Å²) in [5, 5.41) is 1.04. The third-order valence-electron chi connectivity index (χ3n) is 3.62. The first-order valence-electron chi connectivity index (χ1n) is 8.34. The first kappa shape index (κ1) is 18.5. The van der Waals surface area contributed by atoms with Gasteiger partial charge in [-0.25, -0.2) is 4.98 Å². The Bertz CT molecular complexity index is 677.